The van der Waals surface area contributed by atoms with Crippen LogP contribution in [-0.4, -0.2) is 96.7 Å². The van der Waals surface area contributed by atoms with Crippen molar-refractivity contribution in [2.45, 2.75) is 69.4 Å². The Morgan fingerprint density at radius 2 is 1.79 bits per heavy atom. The fraction of sp³-hybridized carbons (Fsp3) is 0.548. The van der Waals surface area contributed by atoms with Crippen LogP contribution in [0.1, 0.15) is 56.8 Å². The van der Waals surface area contributed by atoms with Crippen LogP contribution in [-0.2, 0) is 28.7 Å². The zero-order valence-corrected chi connectivity index (χ0v) is 24.2. The molecule has 4 rings (SSSR count). The lowest BCUT2D eigenvalue weighted by Crippen LogP contribution is -2.58. The molecule has 0 aromatic heterocycles. The van der Waals surface area contributed by atoms with Gasteiger partial charge in [-0.05, 0) is 57.2 Å². The molecular formula is C31H40N4O7. The van der Waals surface area contributed by atoms with E-state index >= 15 is 0 Å². The zero-order valence-electron chi connectivity index (χ0n) is 24.2. The number of carbonyl (C=O) groups excluding carboxylic acids is 4. The second-order valence-corrected chi connectivity index (χ2v) is 11.3. The lowest BCUT2D eigenvalue weighted by Gasteiger charge is -2.29. The van der Waals surface area contributed by atoms with Gasteiger partial charge in [-0.3, -0.25) is 24.1 Å². The zero-order chi connectivity index (χ0) is 30.3. The second kappa shape index (κ2) is 14.1. The number of benzene rings is 1. The number of Topliss-reactive ketones (excluding diaryl/α,β-unsaturated/α-hetero) is 1. The number of nitrogens with zero attached hydrogens (tertiary/aromatic N) is 1. The summed E-state index contributed by atoms with van der Waals surface area (Å²) in [6, 6.07) is 3.03. The van der Waals surface area contributed by atoms with Crippen molar-refractivity contribution in [3.63, 3.8) is 0 Å². The highest BCUT2D eigenvalue weighted by Crippen LogP contribution is 2.31. The highest BCUT2D eigenvalue weighted by molar-refractivity contribution is 5.98. The Hall–Kier alpha value is -3.56. The Morgan fingerprint density at radius 1 is 1.10 bits per heavy atom. The van der Waals surface area contributed by atoms with E-state index in [9.17, 15) is 24.3 Å². The quantitative estimate of drug-likeness (QED) is 0.149. The lowest BCUT2D eigenvalue weighted by atomic mass is 9.93. The van der Waals surface area contributed by atoms with E-state index in [1.54, 1.807) is 31.2 Å². The van der Waals surface area contributed by atoms with Crippen molar-refractivity contribution in [1.82, 2.24) is 20.9 Å². The van der Waals surface area contributed by atoms with Gasteiger partial charge in [0.25, 0.3) is 0 Å². The summed E-state index contributed by atoms with van der Waals surface area (Å²) < 4.78 is 10.7. The number of hydrogen-bond donors (Lipinski definition) is 4. The van der Waals surface area contributed by atoms with Gasteiger partial charge in [0.05, 0.1) is 32.4 Å². The monoisotopic (exact) mass is 580 g/mol. The Bertz CT molecular complexity index is 1230. The Morgan fingerprint density at radius 3 is 2.38 bits per heavy atom. The molecule has 2 saturated heterocycles. The van der Waals surface area contributed by atoms with E-state index < -0.39 is 41.6 Å². The van der Waals surface area contributed by atoms with Crippen LogP contribution in [0, 0.1) is 12.3 Å². The summed E-state index contributed by atoms with van der Waals surface area (Å²) in [7, 11) is 0. The number of ketones is 1. The molecule has 5 atom stereocenters. The van der Waals surface area contributed by atoms with Gasteiger partial charge in [-0.1, -0.05) is 29.7 Å². The molecule has 11 nitrogen and oxygen atoms in total. The first-order chi connectivity index (χ1) is 20.1. The smallest absolute Gasteiger partial charge is 0.246 e. The average molecular weight is 581 g/mol. The Kier molecular flexibility index (Phi) is 10.5. The van der Waals surface area contributed by atoms with Crippen molar-refractivity contribution in [1.29, 1.82) is 0 Å². The molecule has 3 amide bonds. The maximum absolute atomic E-state index is 13.7. The molecule has 0 spiro atoms. The summed E-state index contributed by atoms with van der Waals surface area (Å²) in [5, 5.41) is 19.3. The van der Waals surface area contributed by atoms with E-state index in [2.05, 4.69) is 27.9 Å². The molecule has 2 heterocycles. The molecule has 42 heavy (non-hydrogen) atoms. The molecule has 226 valence electrons. The average Bonchev–Trinajstić information content (AvgIpc) is 3.53. The fourth-order valence-corrected chi connectivity index (χ4v) is 5.12. The summed E-state index contributed by atoms with van der Waals surface area (Å²) in [5.41, 5.74) is 1.03. The van der Waals surface area contributed by atoms with Gasteiger partial charge >= 0.3 is 0 Å². The molecule has 4 N–H and O–H groups in total. The fourth-order valence-electron chi connectivity index (χ4n) is 5.12. The van der Waals surface area contributed by atoms with Crippen LogP contribution in [0.5, 0.6) is 0 Å². The number of aliphatic hydroxyl groups is 1. The molecule has 0 saturated carbocycles. The van der Waals surface area contributed by atoms with Gasteiger partial charge in [-0.2, -0.15) is 0 Å². The van der Waals surface area contributed by atoms with Crippen molar-refractivity contribution < 1.29 is 33.8 Å². The third kappa shape index (κ3) is 8.26. The first-order valence-electron chi connectivity index (χ1n) is 14.4. The van der Waals surface area contributed by atoms with Crippen molar-refractivity contribution in [3.05, 3.63) is 47.0 Å². The standard InChI is InChI=1S/C31H40N4O7/c1-4-21-9-11-23(12-10-21)27(37)26(34-29(39)20(2)32-25(36)18-35-13-15-41-16-14-35)30(40)33-24(17-22-7-5-6-8-22)28(38)31(3)19-42-31/h1,7,9-12,20,24,26-27,37H,5-6,8,13-19H2,2-3H3,(H,32,36)(H,33,40)(H,34,39)/t20-,24-,26-,27+,31+/m0/s1. The van der Waals surface area contributed by atoms with Gasteiger partial charge in [-0.25, -0.2) is 0 Å². The molecule has 11 heteroatoms. The number of epoxide rings is 1. The van der Waals surface area contributed by atoms with Crippen LogP contribution >= 0.6 is 0 Å². The molecular weight excluding hydrogens is 540 g/mol. The third-order valence-corrected chi connectivity index (χ3v) is 7.89. The first kappa shape index (κ1) is 31.4. The van der Waals surface area contributed by atoms with Crippen LogP contribution in [0.2, 0.25) is 0 Å². The van der Waals surface area contributed by atoms with Gasteiger partial charge in [0, 0.05) is 18.7 Å². The summed E-state index contributed by atoms with van der Waals surface area (Å²) in [6.45, 7) is 5.85. The summed E-state index contributed by atoms with van der Waals surface area (Å²) in [6.07, 6.45) is 9.12. The SMILES string of the molecule is C#Cc1ccc([C@@H](O)[C@H](NC(=O)[C@H](C)NC(=O)CN2CCOCC2)C(=O)N[C@@H](CC2=CCCC2)C(=O)[C@@]2(C)CO2)cc1. The molecule has 0 unspecified atom stereocenters. The largest absolute Gasteiger partial charge is 0.386 e. The third-order valence-electron chi connectivity index (χ3n) is 7.89. The van der Waals surface area contributed by atoms with E-state index in [1.165, 1.54) is 6.92 Å². The minimum Gasteiger partial charge on any atom is -0.386 e. The van der Waals surface area contributed by atoms with Crippen LogP contribution < -0.4 is 16.0 Å². The van der Waals surface area contributed by atoms with Crippen LogP contribution in [0.3, 0.4) is 0 Å². The summed E-state index contributed by atoms with van der Waals surface area (Å²) in [4.78, 5) is 54.7. The summed E-state index contributed by atoms with van der Waals surface area (Å²) >= 11 is 0. The number of hydrogen-bond acceptors (Lipinski definition) is 8. The number of carbonyl (C=O) groups is 4. The van der Waals surface area contributed by atoms with E-state index in [-0.39, 0.29) is 24.8 Å². The Labute approximate surface area is 246 Å². The minimum absolute atomic E-state index is 0.107. The van der Waals surface area contributed by atoms with Gasteiger partial charge < -0.3 is 30.5 Å². The van der Waals surface area contributed by atoms with Crippen molar-refractivity contribution in [2.24, 2.45) is 0 Å². The molecule has 1 aliphatic carbocycles. The maximum atomic E-state index is 13.7. The topological polar surface area (TPSA) is 150 Å². The molecule has 1 aromatic carbocycles. The second-order valence-electron chi connectivity index (χ2n) is 11.3. The molecule has 0 bridgehead atoms. The van der Waals surface area contributed by atoms with Crippen molar-refractivity contribution in [3.8, 4) is 12.3 Å². The number of terminal acetylenes is 1. The number of morpholine rings is 1. The van der Waals surface area contributed by atoms with Crippen LogP contribution in [0.15, 0.2) is 35.9 Å². The minimum atomic E-state index is -1.47. The van der Waals surface area contributed by atoms with E-state index in [0.29, 0.717) is 43.9 Å². The molecule has 2 fully saturated rings. The molecule has 3 aliphatic rings. The number of ether oxygens (including phenoxy) is 2. The van der Waals surface area contributed by atoms with Crippen LogP contribution in [0.25, 0.3) is 0 Å². The highest BCUT2D eigenvalue weighted by atomic mass is 16.6. The predicted octanol–water partition coefficient (Wildman–Crippen LogP) is 0.366. The van der Waals surface area contributed by atoms with Gasteiger partial charge in [0.1, 0.15) is 23.8 Å². The van der Waals surface area contributed by atoms with E-state index in [1.807, 2.05) is 4.90 Å². The number of aliphatic hydroxyl groups excluding tert-OH is 1. The van der Waals surface area contributed by atoms with E-state index in [4.69, 9.17) is 15.9 Å². The van der Waals surface area contributed by atoms with Gasteiger partial charge in [0.15, 0.2) is 5.78 Å². The van der Waals surface area contributed by atoms with Gasteiger partial charge in [-0.15, -0.1) is 6.42 Å². The molecule has 1 aromatic rings. The summed E-state index contributed by atoms with van der Waals surface area (Å²) in [5.74, 6) is 0.495. The number of allylic oxidation sites excluding steroid dienone is 1. The molecule has 2 aliphatic heterocycles. The van der Waals surface area contributed by atoms with Crippen molar-refractivity contribution in [2.75, 3.05) is 39.5 Å². The first-order valence-corrected chi connectivity index (χ1v) is 14.4. The number of nitrogens with one attached hydrogen (secondary N) is 3. The Balaban J connectivity index is 1.49. The normalized spacial score (nSPS) is 23.0. The maximum Gasteiger partial charge on any atom is 0.246 e. The van der Waals surface area contributed by atoms with Crippen molar-refractivity contribution >= 4 is 23.5 Å². The predicted molar refractivity (Wildman–Crippen MR) is 154 cm³/mol. The number of amides is 3. The highest BCUT2D eigenvalue weighted by Gasteiger charge is 2.50. The van der Waals surface area contributed by atoms with E-state index in [0.717, 1.165) is 24.8 Å². The lowest BCUT2D eigenvalue weighted by molar-refractivity contribution is -0.136. The van der Waals surface area contributed by atoms with Crippen LogP contribution in [0.4, 0.5) is 0 Å². The molecule has 0 radical (unpaired) electrons. The van der Waals surface area contributed by atoms with Gasteiger partial charge in [0.2, 0.25) is 17.7 Å². The number of rotatable bonds is 13.